The largest absolute Gasteiger partial charge is 0.365 e. The molecule has 0 unspecified atom stereocenters. The molecule has 5 nitrogen and oxygen atoms in total. The minimum absolute atomic E-state index is 0.266. The van der Waals surface area contributed by atoms with Crippen molar-refractivity contribution in [2.24, 2.45) is 5.73 Å². The Kier molecular flexibility index (Phi) is 1.63. The van der Waals surface area contributed by atoms with Crippen molar-refractivity contribution in [3.05, 3.63) is 30.4 Å². The number of carbonyl (C=O) groups is 1. The number of pyridine rings is 1. The molecule has 0 aliphatic carbocycles. The SMILES string of the molecule is NC(=O)c1cncc2nc[c]nc12. The molecular weight excluding hydrogens is 168 g/mol. The second kappa shape index (κ2) is 2.78. The van der Waals surface area contributed by atoms with Gasteiger partial charge in [-0.05, 0) is 0 Å². The third-order valence-electron chi connectivity index (χ3n) is 1.60. The first-order valence-corrected chi connectivity index (χ1v) is 3.55. The van der Waals surface area contributed by atoms with Crippen LogP contribution < -0.4 is 5.73 Å². The van der Waals surface area contributed by atoms with Crippen LogP contribution in [0.3, 0.4) is 0 Å². The number of amides is 1. The summed E-state index contributed by atoms with van der Waals surface area (Å²) in [6.07, 6.45) is 6.83. The van der Waals surface area contributed by atoms with Gasteiger partial charge in [-0.25, -0.2) is 4.98 Å². The van der Waals surface area contributed by atoms with Crippen molar-refractivity contribution in [3.8, 4) is 0 Å². The summed E-state index contributed by atoms with van der Waals surface area (Å²) in [7, 11) is 0. The van der Waals surface area contributed by atoms with Crippen molar-refractivity contribution < 1.29 is 4.79 Å². The molecule has 0 aromatic carbocycles. The lowest BCUT2D eigenvalue weighted by molar-refractivity contribution is 0.100. The molecule has 2 aromatic rings. The van der Waals surface area contributed by atoms with Gasteiger partial charge < -0.3 is 5.73 Å². The molecule has 1 amide bonds. The van der Waals surface area contributed by atoms with E-state index in [9.17, 15) is 4.79 Å². The van der Waals surface area contributed by atoms with Crippen molar-refractivity contribution in [1.29, 1.82) is 0 Å². The second-order valence-corrected chi connectivity index (χ2v) is 2.42. The molecule has 2 heterocycles. The van der Waals surface area contributed by atoms with Gasteiger partial charge in [-0.3, -0.25) is 14.8 Å². The number of rotatable bonds is 1. The molecule has 0 atom stereocenters. The standard InChI is InChI=1S/C8H5N4O/c9-8(13)5-3-10-4-6-7(5)12-2-1-11-6/h1,3-4H,(H2,9,13). The highest BCUT2D eigenvalue weighted by atomic mass is 16.1. The minimum atomic E-state index is -0.563. The predicted molar refractivity (Wildman–Crippen MR) is 44.7 cm³/mol. The second-order valence-electron chi connectivity index (χ2n) is 2.42. The molecular formula is C8H5N4O. The number of hydrogen-bond donors (Lipinski definition) is 1. The molecule has 2 rings (SSSR count). The predicted octanol–water partition coefficient (Wildman–Crippen LogP) is -0.0761. The number of fused-ring (bicyclic) bond motifs is 1. The number of hydrogen-bond acceptors (Lipinski definition) is 4. The molecule has 0 aliphatic rings. The summed E-state index contributed by atoms with van der Waals surface area (Å²) >= 11 is 0. The van der Waals surface area contributed by atoms with Gasteiger partial charge in [0.15, 0.2) is 0 Å². The molecule has 0 bridgehead atoms. The summed E-state index contributed by atoms with van der Waals surface area (Å²) in [5, 5.41) is 0. The summed E-state index contributed by atoms with van der Waals surface area (Å²) < 4.78 is 0. The highest BCUT2D eigenvalue weighted by molar-refractivity contribution is 6.03. The molecule has 0 aliphatic heterocycles. The van der Waals surface area contributed by atoms with E-state index in [1.807, 2.05) is 0 Å². The van der Waals surface area contributed by atoms with E-state index >= 15 is 0 Å². The quantitative estimate of drug-likeness (QED) is 0.654. The lowest BCUT2D eigenvalue weighted by Crippen LogP contribution is -2.12. The third kappa shape index (κ3) is 1.20. The topological polar surface area (TPSA) is 81.8 Å². The molecule has 0 saturated heterocycles. The molecule has 0 spiro atoms. The van der Waals surface area contributed by atoms with E-state index < -0.39 is 5.91 Å². The van der Waals surface area contributed by atoms with E-state index in [0.717, 1.165) is 0 Å². The van der Waals surface area contributed by atoms with Gasteiger partial charge in [0.05, 0.1) is 18.0 Å². The maximum absolute atomic E-state index is 10.9. The molecule has 0 saturated carbocycles. The van der Waals surface area contributed by atoms with Crippen LogP contribution in [0.5, 0.6) is 0 Å². The van der Waals surface area contributed by atoms with Gasteiger partial charge in [-0.1, -0.05) is 0 Å². The summed E-state index contributed by atoms with van der Waals surface area (Å²) in [5.74, 6) is -0.563. The van der Waals surface area contributed by atoms with Gasteiger partial charge in [0, 0.05) is 6.20 Å². The van der Waals surface area contributed by atoms with Crippen LogP contribution >= 0.6 is 0 Å². The van der Waals surface area contributed by atoms with Gasteiger partial charge in [-0.2, -0.15) is 0 Å². The van der Waals surface area contributed by atoms with E-state index in [1.165, 1.54) is 18.6 Å². The maximum Gasteiger partial charge on any atom is 0.252 e. The summed E-state index contributed by atoms with van der Waals surface area (Å²) in [6, 6.07) is 0. The maximum atomic E-state index is 10.9. The molecule has 5 heteroatoms. The third-order valence-corrected chi connectivity index (χ3v) is 1.60. The number of nitrogens with zero attached hydrogens (tertiary/aromatic N) is 3. The number of nitrogens with two attached hydrogens (primary N) is 1. The lowest BCUT2D eigenvalue weighted by atomic mass is 10.2. The monoisotopic (exact) mass is 173 g/mol. The number of primary amides is 1. The van der Waals surface area contributed by atoms with Crippen LogP contribution in [0.15, 0.2) is 18.6 Å². The van der Waals surface area contributed by atoms with E-state index in [0.29, 0.717) is 11.0 Å². The van der Waals surface area contributed by atoms with Crippen LogP contribution in [0.1, 0.15) is 10.4 Å². The van der Waals surface area contributed by atoms with Crippen LogP contribution in [0, 0.1) is 6.20 Å². The highest BCUT2D eigenvalue weighted by Gasteiger charge is 2.07. The Balaban J connectivity index is 2.83. The van der Waals surface area contributed by atoms with Crippen LogP contribution in [0.2, 0.25) is 0 Å². The first-order chi connectivity index (χ1) is 6.29. The fourth-order valence-corrected chi connectivity index (χ4v) is 1.03. The van der Waals surface area contributed by atoms with Crippen LogP contribution in [0.4, 0.5) is 0 Å². The Bertz CT molecular complexity index is 463. The van der Waals surface area contributed by atoms with E-state index in [2.05, 4.69) is 21.1 Å². The molecule has 2 aromatic heterocycles. The highest BCUT2D eigenvalue weighted by Crippen LogP contribution is 2.10. The summed E-state index contributed by atoms with van der Waals surface area (Å²) in [4.78, 5) is 22.5. The first kappa shape index (κ1) is 7.60. The van der Waals surface area contributed by atoms with E-state index in [-0.39, 0.29) is 5.56 Å². The molecule has 1 radical (unpaired) electrons. The van der Waals surface area contributed by atoms with Gasteiger partial charge >= 0.3 is 0 Å². The van der Waals surface area contributed by atoms with Crippen molar-refractivity contribution in [2.75, 3.05) is 0 Å². The fraction of sp³-hybridized carbons (Fsp3) is 0. The zero-order chi connectivity index (χ0) is 9.26. The van der Waals surface area contributed by atoms with Crippen molar-refractivity contribution in [3.63, 3.8) is 0 Å². The number of carbonyl (C=O) groups excluding carboxylic acids is 1. The molecule has 13 heavy (non-hydrogen) atoms. The van der Waals surface area contributed by atoms with Crippen LogP contribution in [-0.4, -0.2) is 20.9 Å². The van der Waals surface area contributed by atoms with Crippen molar-refractivity contribution in [2.45, 2.75) is 0 Å². The van der Waals surface area contributed by atoms with Gasteiger partial charge in [0.2, 0.25) is 0 Å². The normalized spacial score (nSPS) is 10.2. The van der Waals surface area contributed by atoms with Crippen LogP contribution in [0.25, 0.3) is 11.0 Å². The van der Waals surface area contributed by atoms with Gasteiger partial charge in [-0.15, -0.1) is 0 Å². The van der Waals surface area contributed by atoms with E-state index in [4.69, 9.17) is 5.73 Å². The zero-order valence-corrected chi connectivity index (χ0v) is 6.56. The molecule has 63 valence electrons. The smallest absolute Gasteiger partial charge is 0.252 e. The fourth-order valence-electron chi connectivity index (χ4n) is 1.03. The van der Waals surface area contributed by atoms with E-state index in [1.54, 1.807) is 0 Å². The Labute approximate surface area is 73.6 Å². The first-order valence-electron chi connectivity index (χ1n) is 3.55. The van der Waals surface area contributed by atoms with Crippen LogP contribution in [-0.2, 0) is 0 Å². The van der Waals surface area contributed by atoms with Gasteiger partial charge in [0.1, 0.15) is 17.2 Å². The van der Waals surface area contributed by atoms with Crippen molar-refractivity contribution in [1.82, 2.24) is 15.0 Å². The average Bonchev–Trinajstić information content (AvgIpc) is 2.17. The Hall–Kier alpha value is -2.04. The van der Waals surface area contributed by atoms with Gasteiger partial charge in [0.25, 0.3) is 5.91 Å². The summed E-state index contributed by atoms with van der Waals surface area (Å²) in [6.45, 7) is 0. The Morgan fingerprint density at radius 2 is 2.31 bits per heavy atom. The lowest BCUT2D eigenvalue weighted by Gasteiger charge is -1.98. The minimum Gasteiger partial charge on any atom is -0.365 e. The Morgan fingerprint density at radius 1 is 1.46 bits per heavy atom. The summed E-state index contributed by atoms with van der Waals surface area (Å²) in [5.41, 5.74) is 6.36. The average molecular weight is 173 g/mol. The number of aromatic nitrogens is 3. The van der Waals surface area contributed by atoms with Crippen molar-refractivity contribution >= 4 is 16.9 Å². The Morgan fingerprint density at radius 3 is 3.08 bits per heavy atom. The molecule has 2 N–H and O–H groups in total. The zero-order valence-electron chi connectivity index (χ0n) is 6.56. The molecule has 0 fully saturated rings.